The Kier molecular flexibility index (Phi) is 3.85. The van der Waals surface area contributed by atoms with E-state index in [9.17, 15) is 9.59 Å². The highest BCUT2D eigenvalue weighted by atomic mass is 32.1. The van der Waals surface area contributed by atoms with Crippen LogP contribution in [0.2, 0.25) is 0 Å². The number of fused-ring (bicyclic) bond motifs is 1. The van der Waals surface area contributed by atoms with Crippen molar-refractivity contribution < 1.29 is 14.3 Å². The first kappa shape index (κ1) is 14.9. The molecule has 0 aliphatic heterocycles. The first-order valence-electron chi connectivity index (χ1n) is 7.13. The molecule has 0 bridgehead atoms. The highest BCUT2D eigenvalue weighted by molar-refractivity contribution is 7.12. The molecule has 0 saturated heterocycles. The Hall–Kier alpha value is -1.98. The Balaban J connectivity index is 1.67. The van der Waals surface area contributed by atoms with E-state index >= 15 is 0 Å². The van der Waals surface area contributed by atoms with E-state index in [1.807, 2.05) is 41.8 Å². The zero-order valence-electron chi connectivity index (χ0n) is 12.2. The predicted octanol–water partition coefficient (Wildman–Crippen LogP) is 2.36. The van der Waals surface area contributed by atoms with Gasteiger partial charge < -0.3 is 10.5 Å². The van der Waals surface area contributed by atoms with E-state index in [0.717, 1.165) is 11.1 Å². The minimum atomic E-state index is -1.12. The first-order valence-corrected chi connectivity index (χ1v) is 8.01. The fourth-order valence-electron chi connectivity index (χ4n) is 2.69. The van der Waals surface area contributed by atoms with Crippen molar-refractivity contribution in [3.8, 4) is 0 Å². The minimum Gasteiger partial charge on any atom is -0.449 e. The lowest BCUT2D eigenvalue weighted by Crippen LogP contribution is -2.44. The van der Waals surface area contributed by atoms with Crippen LogP contribution >= 0.6 is 11.3 Å². The van der Waals surface area contributed by atoms with Gasteiger partial charge in [-0.05, 0) is 35.9 Å². The van der Waals surface area contributed by atoms with Crippen LogP contribution in [0.15, 0.2) is 41.8 Å². The molecule has 4 nitrogen and oxygen atoms in total. The molecule has 1 aliphatic carbocycles. The normalized spacial score (nSPS) is 21.5. The van der Waals surface area contributed by atoms with Gasteiger partial charge in [-0.15, -0.1) is 11.3 Å². The second-order valence-corrected chi connectivity index (χ2v) is 6.65. The molecule has 1 heterocycles. The standard InChI is InChI=1S/C17H17NO3S/c1-17(10-12-7-8-22-14(12)15(17)19)21-16(20)13(18)9-11-5-3-2-4-6-11/h2-8,13H,9-10,18H2,1H3/t13-,17+/m0/s1. The molecular weight excluding hydrogens is 298 g/mol. The molecule has 0 radical (unpaired) electrons. The third-order valence-electron chi connectivity index (χ3n) is 3.89. The zero-order chi connectivity index (χ0) is 15.7. The molecule has 1 aromatic heterocycles. The van der Waals surface area contributed by atoms with Crippen molar-refractivity contribution in [3.05, 3.63) is 57.8 Å². The van der Waals surface area contributed by atoms with Crippen molar-refractivity contribution in [2.24, 2.45) is 5.73 Å². The van der Waals surface area contributed by atoms with Gasteiger partial charge in [-0.2, -0.15) is 0 Å². The summed E-state index contributed by atoms with van der Waals surface area (Å²) in [7, 11) is 0. The smallest absolute Gasteiger partial charge is 0.324 e. The molecule has 22 heavy (non-hydrogen) atoms. The SMILES string of the molecule is C[C@@]1(OC(=O)[C@@H](N)Cc2ccccc2)Cc2ccsc2C1=O. The Morgan fingerprint density at radius 3 is 2.77 bits per heavy atom. The van der Waals surface area contributed by atoms with Gasteiger partial charge in [-0.1, -0.05) is 30.3 Å². The molecule has 0 fully saturated rings. The molecule has 2 aromatic rings. The fraction of sp³-hybridized carbons (Fsp3) is 0.294. The molecular formula is C17H17NO3S. The van der Waals surface area contributed by atoms with Crippen molar-refractivity contribution >= 4 is 23.1 Å². The van der Waals surface area contributed by atoms with Crippen LogP contribution in [0.1, 0.15) is 27.7 Å². The summed E-state index contributed by atoms with van der Waals surface area (Å²) in [5, 5.41) is 1.88. The van der Waals surface area contributed by atoms with Gasteiger partial charge in [0.1, 0.15) is 6.04 Å². The third-order valence-corrected chi connectivity index (χ3v) is 4.84. The highest BCUT2D eigenvalue weighted by Crippen LogP contribution is 2.36. The van der Waals surface area contributed by atoms with Crippen LogP contribution in [0.25, 0.3) is 0 Å². The Morgan fingerprint density at radius 1 is 1.36 bits per heavy atom. The summed E-state index contributed by atoms with van der Waals surface area (Å²) in [5.41, 5.74) is 6.72. The molecule has 0 saturated carbocycles. The van der Waals surface area contributed by atoms with E-state index in [0.29, 0.717) is 17.7 Å². The van der Waals surface area contributed by atoms with Gasteiger partial charge in [-0.25, -0.2) is 0 Å². The lowest BCUT2D eigenvalue weighted by atomic mass is 10.0. The van der Waals surface area contributed by atoms with Crippen LogP contribution in [-0.2, 0) is 22.4 Å². The van der Waals surface area contributed by atoms with E-state index in [2.05, 4.69) is 0 Å². The number of carbonyl (C=O) groups excluding carboxylic acids is 2. The van der Waals surface area contributed by atoms with Gasteiger partial charge in [0.25, 0.3) is 0 Å². The lowest BCUT2D eigenvalue weighted by molar-refractivity contribution is -0.155. The molecule has 3 rings (SSSR count). The Labute approximate surface area is 132 Å². The molecule has 0 spiro atoms. The van der Waals surface area contributed by atoms with E-state index < -0.39 is 17.6 Å². The van der Waals surface area contributed by atoms with Crippen LogP contribution in [0, 0.1) is 0 Å². The molecule has 2 N–H and O–H groups in total. The van der Waals surface area contributed by atoms with Crippen molar-refractivity contribution in [2.75, 3.05) is 0 Å². The van der Waals surface area contributed by atoms with Crippen molar-refractivity contribution in [1.29, 1.82) is 0 Å². The van der Waals surface area contributed by atoms with Crippen LogP contribution in [0.5, 0.6) is 0 Å². The summed E-state index contributed by atoms with van der Waals surface area (Å²) in [6, 6.07) is 10.6. The number of hydrogen-bond acceptors (Lipinski definition) is 5. The predicted molar refractivity (Wildman–Crippen MR) is 85.0 cm³/mol. The van der Waals surface area contributed by atoms with Gasteiger partial charge in [0.05, 0.1) is 4.88 Å². The van der Waals surface area contributed by atoms with Gasteiger partial charge in [0.15, 0.2) is 5.60 Å². The topological polar surface area (TPSA) is 69.4 Å². The third kappa shape index (κ3) is 2.69. The first-order chi connectivity index (χ1) is 10.5. The largest absolute Gasteiger partial charge is 0.449 e. The maximum Gasteiger partial charge on any atom is 0.324 e. The average Bonchev–Trinajstić information content (AvgIpc) is 3.02. The number of hydrogen-bond donors (Lipinski definition) is 1. The molecule has 0 unspecified atom stereocenters. The molecule has 0 amide bonds. The van der Waals surface area contributed by atoms with Crippen LogP contribution < -0.4 is 5.73 Å². The monoisotopic (exact) mass is 315 g/mol. The van der Waals surface area contributed by atoms with Gasteiger partial charge >= 0.3 is 5.97 Å². The van der Waals surface area contributed by atoms with E-state index in [-0.39, 0.29) is 5.78 Å². The number of thiophene rings is 1. The summed E-state index contributed by atoms with van der Waals surface area (Å²) in [6.45, 7) is 1.66. The van der Waals surface area contributed by atoms with Gasteiger partial charge in [0, 0.05) is 6.42 Å². The number of Topliss-reactive ketones (excluding diaryl/α,β-unsaturated/α-hetero) is 1. The van der Waals surface area contributed by atoms with Crippen LogP contribution in [0.4, 0.5) is 0 Å². The van der Waals surface area contributed by atoms with Crippen LogP contribution in [-0.4, -0.2) is 23.4 Å². The summed E-state index contributed by atoms with van der Waals surface area (Å²) in [6.07, 6.45) is 0.820. The quantitative estimate of drug-likeness (QED) is 0.879. The molecule has 114 valence electrons. The maximum absolute atomic E-state index is 12.4. The Morgan fingerprint density at radius 2 is 2.09 bits per heavy atom. The maximum atomic E-state index is 12.4. The molecule has 1 aromatic carbocycles. The Bertz CT molecular complexity index is 710. The van der Waals surface area contributed by atoms with Crippen LogP contribution in [0.3, 0.4) is 0 Å². The minimum absolute atomic E-state index is 0.127. The zero-order valence-corrected chi connectivity index (χ0v) is 13.1. The molecule has 1 aliphatic rings. The molecule has 5 heteroatoms. The fourth-order valence-corrected chi connectivity index (χ4v) is 3.67. The number of ketones is 1. The molecule has 2 atom stereocenters. The summed E-state index contributed by atoms with van der Waals surface area (Å²) >= 11 is 1.39. The number of esters is 1. The number of nitrogens with two attached hydrogens (primary N) is 1. The van der Waals surface area contributed by atoms with E-state index in [4.69, 9.17) is 10.5 Å². The van der Waals surface area contributed by atoms with Gasteiger partial charge in [-0.3, -0.25) is 9.59 Å². The average molecular weight is 315 g/mol. The van der Waals surface area contributed by atoms with Gasteiger partial charge in [0.2, 0.25) is 5.78 Å². The van der Waals surface area contributed by atoms with Crippen molar-refractivity contribution in [3.63, 3.8) is 0 Å². The second-order valence-electron chi connectivity index (χ2n) is 5.73. The van der Waals surface area contributed by atoms with E-state index in [1.165, 1.54) is 11.3 Å². The number of carbonyl (C=O) groups is 2. The summed E-state index contributed by atoms with van der Waals surface area (Å²) < 4.78 is 5.48. The van der Waals surface area contributed by atoms with Crippen molar-refractivity contribution in [2.45, 2.75) is 31.4 Å². The van der Waals surface area contributed by atoms with Crippen molar-refractivity contribution in [1.82, 2.24) is 0 Å². The summed E-state index contributed by atoms with van der Waals surface area (Å²) in [4.78, 5) is 25.3. The lowest BCUT2D eigenvalue weighted by Gasteiger charge is -2.24. The number of rotatable bonds is 4. The van der Waals surface area contributed by atoms with E-state index in [1.54, 1.807) is 6.92 Å². The number of benzene rings is 1. The second kappa shape index (κ2) is 5.66. The number of ether oxygens (including phenoxy) is 1. The summed E-state index contributed by atoms with van der Waals surface area (Å²) in [5.74, 6) is -0.660. The highest BCUT2D eigenvalue weighted by Gasteiger charge is 2.46.